The van der Waals surface area contributed by atoms with Crippen LogP contribution in [-0.2, 0) is 0 Å². The number of unbranched alkanes of at least 4 members (excludes halogenated alkanes) is 2. The molecule has 0 aromatic heterocycles. The third-order valence-corrected chi connectivity index (χ3v) is 2.64. The molecule has 0 saturated carbocycles. The van der Waals surface area contributed by atoms with Gasteiger partial charge in [0.05, 0.1) is 0 Å². The normalized spacial score (nSPS) is 15.4. The summed E-state index contributed by atoms with van der Waals surface area (Å²) >= 11 is 0. The molecule has 1 rings (SSSR count). The summed E-state index contributed by atoms with van der Waals surface area (Å²) < 4.78 is 0. The lowest BCUT2D eigenvalue weighted by atomic mass is 10.2. The molecular weight excluding hydrogens is 172 g/mol. The van der Waals surface area contributed by atoms with Crippen LogP contribution in [0.3, 0.4) is 0 Å². The molecule has 0 saturated heterocycles. The van der Waals surface area contributed by atoms with E-state index in [-0.39, 0.29) is 0 Å². The summed E-state index contributed by atoms with van der Waals surface area (Å²) in [4.78, 5) is 6.86. The Balaban J connectivity index is 2.36. The first kappa shape index (κ1) is 11.3. The molecule has 0 bridgehead atoms. The first-order valence-corrected chi connectivity index (χ1v) is 5.85. The zero-order chi connectivity index (χ0) is 10.2. The molecule has 14 heavy (non-hydrogen) atoms. The van der Waals surface area contributed by atoms with Crippen molar-refractivity contribution in [1.29, 1.82) is 0 Å². The maximum Gasteiger partial charge on any atom is 0.104 e. The van der Waals surface area contributed by atoms with Crippen LogP contribution in [0.4, 0.5) is 0 Å². The largest absolute Gasteiger partial charge is 0.360 e. The molecule has 0 aromatic rings. The van der Waals surface area contributed by atoms with Crippen molar-refractivity contribution < 1.29 is 0 Å². The minimum Gasteiger partial charge on any atom is -0.360 e. The van der Waals surface area contributed by atoms with E-state index < -0.39 is 0 Å². The molecule has 0 atom stereocenters. The molecule has 1 aliphatic heterocycles. The highest BCUT2D eigenvalue weighted by molar-refractivity contribution is 5.83. The third-order valence-electron chi connectivity index (χ3n) is 2.64. The van der Waals surface area contributed by atoms with Crippen LogP contribution in [0.1, 0.15) is 46.0 Å². The summed E-state index contributed by atoms with van der Waals surface area (Å²) in [6.45, 7) is 6.73. The summed E-state index contributed by atoms with van der Waals surface area (Å²) in [5.74, 6) is 1.28. The summed E-state index contributed by atoms with van der Waals surface area (Å²) in [7, 11) is 0. The Labute approximate surface area is 87.7 Å². The SMILES string of the molecule is CCCCCN(CC)C1=NC=CCC1. The zero-order valence-electron chi connectivity index (χ0n) is 9.50. The maximum absolute atomic E-state index is 4.44. The average Bonchev–Trinajstić information content (AvgIpc) is 2.26. The van der Waals surface area contributed by atoms with Crippen molar-refractivity contribution in [2.24, 2.45) is 4.99 Å². The van der Waals surface area contributed by atoms with Gasteiger partial charge >= 0.3 is 0 Å². The monoisotopic (exact) mass is 194 g/mol. The van der Waals surface area contributed by atoms with Gasteiger partial charge in [-0.2, -0.15) is 0 Å². The van der Waals surface area contributed by atoms with Gasteiger partial charge in [-0.05, 0) is 19.8 Å². The van der Waals surface area contributed by atoms with Crippen molar-refractivity contribution in [1.82, 2.24) is 4.90 Å². The van der Waals surface area contributed by atoms with E-state index in [1.807, 2.05) is 6.20 Å². The second-order valence-electron chi connectivity index (χ2n) is 3.76. The van der Waals surface area contributed by atoms with Gasteiger partial charge in [-0.1, -0.05) is 25.8 Å². The highest BCUT2D eigenvalue weighted by Crippen LogP contribution is 2.08. The molecule has 0 N–H and O–H groups in total. The van der Waals surface area contributed by atoms with Crippen LogP contribution in [0, 0.1) is 0 Å². The second-order valence-corrected chi connectivity index (χ2v) is 3.76. The Kier molecular flexibility index (Phi) is 5.35. The summed E-state index contributed by atoms with van der Waals surface area (Å²) in [5.41, 5.74) is 0. The van der Waals surface area contributed by atoms with Crippen LogP contribution in [0.5, 0.6) is 0 Å². The van der Waals surface area contributed by atoms with Crippen molar-refractivity contribution >= 4 is 5.84 Å². The Hall–Kier alpha value is -0.790. The van der Waals surface area contributed by atoms with Crippen LogP contribution in [0.2, 0.25) is 0 Å². The summed E-state index contributed by atoms with van der Waals surface area (Å²) in [5, 5.41) is 0. The van der Waals surface area contributed by atoms with E-state index in [0.29, 0.717) is 0 Å². The van der Waals surface area contributed by atoms with Gasteiger partial charge in [0.2, 0.25) is 0 Å². The first-order chi connectivity index (χ1) is 6.88. The number of aliphatic imine (C=N–C) groups is 1. The van der Waals surface area contributed by atoms with Crippen molar-refractivity contribution in [3.8, 4) is 0 Å². The molecule has 1 heterocycles. The Bertz CT molecular complexity index is 206. The minimum atomic E-state index is 1.09. The number of allylic oxidation sites excluding steroid dienone is 1. The van der Waals surface area contributed by atoms with Crippen LogP contribution in [0.25, 0.3) is 0 Å². The summed E-state index contributed by atoms with van der Waals surface area (Å²) in [6, 6.07) is 0. The van der Waals surface area contributed by atoms with Gasteiger partial charge in [0, 0.05) is 25.7 Å². The van der Waals surface area contributed by atoms with E-state index in [1.165, 1.54) is 31.6 Å². The molecule has 0 amide bonds. The fourth-order valence-corrected chi connectivity index (χ4v) is 1.75. The average molecular weight is 194 g/mol. The quantitative estimate of drug-likeness (QED) is 0.614. The van der Waals surface area contributed by atoms with Gasteiger partial charge in [0.15, 0.2) is 0 Å². The molecule has 2 nitrogen and oxygen atoms in total. The van der Waals surface area contributed by atoms with Gasteiger partial charge in [-0.15, -0.1) is 0 Å². The molecule has 0 spiro atoms. The lowest BCUT2D eigenvalue weighted by molar-refractivity contribution is 0.413. The van der Waals surface area contributed by atoms with Crippen molar-refractivity contribution in [2.75, 3.05) is 13.1 Å². The third kappa shape index (κ3) is 3.52. The van der Waals surface area contributed by atoms with E-state index in [4.69, 9.17) is 0 Å². The van der Waals surface area contributed by atoms with E-state index in [0.717, 1.165) is 19.4 Å². The Morgan fingerprint density at radius 2 is 2.21 bits per heavy atom. The van der Waals surface area contributed by atoms with Crippen molar-refractivity contribution in [3.05, 3.63) is 12.3 Å². The lowest BCUT2D eigenvalue weighted by Crippen LogP contribution is -2.32. The fourth-order valence-electron chi connectivity index (χ4n) is 1.75. The molecule has 0 fully saturated rings. The van der Waals surface area contributed by atoms with Crippen LogP contribution in [0.15, 0.2) is 17.3 Å². The number of nitrogens with zero attached hydrogens (tertiary/aromatic N) is 2. The predicted molar refractivity (Wildman–Crippen MR) is 62.6 cm³/mol. The van der Waals surface area contributed by atoms with Crippen molar-refractivity contribution in [3.63, 3.8) is 0 Å². The molecule has 80 valence electrons. The van der Waals surface area contributed by atoms with Gasteiger partial charge in [0.1, 0.15) is 5.84 Å². The maximum atomic E-state index is 4.44. The predicted octanol–water partition coefficient (Wildman–Crippen LogP) is 3.20. The molecular formula is C12H22N2. The zero-order valence-corrected chi connectivity index (χ0v) is 9.50. The van der Waals surface area contributed by atoms with Gasteiger partial charge < -0.3 is 4.90 Å². The summed E-state index contributed by atoms with van der Waals surface area (Å²) in [6.07, 6.45) is 10.3. The number of amidine groups is 1. The highest BCUT2D eigenvalue weighted by atomic mass is 15.2. The van der Waals surface area contributed by atoms with Gasteiger partial charge in [0.25, 0.3) is 0 Å². The van der Waals surface area contributed by atoms with E-state index in [1.54, 1.807) is 0 Å². The van der Waals surface area contributed by atoms with Gasteiger partial charge in [-0.25, -0.2) is 4.99 Å². The lowest BCUT2D eigenvalue weighted by Gasteiger charge is -2.25. The number of hydrogen-bond acceptors (Lipinski definition) is 2. The fraction of sp³-hybridized carbons (Fsp3) is 0.750. The highest BCUT2D eigenvalue weighted by Gasteiger charge is 2.09. The molecule has 0 radical (unpaired) electrons. The number of rotatable bonds is 5. The number of hydrogen-bond donors (Lipinski definition) is 0. The first-order valence-electron chi connectivity index (χ1n) is 5.85. The molecule has 1 aliphatic rings. The standard InChI is InChI=1S/C12H22N2/c1-3-5-8-11-14(4-2)12-9-6-7-10-13-12/h7,10H,3-6,8-9,11H2,1-2H3. The van der Waals surface area contributed by atoms with Crippen LogP contribution >= 0.6 is 0 Å². The van der Waals surface area contributed by atoms with E-state index in [2.05, 4.69) is 29.8 Å². The molecule has 0 aliphatic carbocycles. The Morgan fingerprint density at radius 1 is 1.36 bits per heavy atom. The van der Waals surface area contributed by atoms with E-state index >= 15 is 0 Å². The van der Waals surface area contributed by atoms with E-state index in [9.17, 15) is 0 Å². The Morgan fingerprint density at radius 3 is 2.79 bits per heavy atom. The molecule has 2 heteroatoms. The molecule has 0 aromatic carbocycles. The topological polar surface area (TPSA) is 15.6 Å². The smallest absolute Gasteiger partial charge is 0.104 e. The van der Waals surface area contributed by atoms with Crippen LogP contribution < -0.4 is 0 Å². The van der Waals surface area contributed by atoms with Gasteiger partial charge in [-0.3, -0.25) is 0 Å². The van der Waals surface area contributed by atoms with Crippen molar-refractivity contribution in [2.45, 2.75) is 46.0 Å². The minimum absolute atomic E-state index is 1.09. The molecule has 0 unspecified atom stereocenters. The van der Waals surface area contributed by atoms with Crippen LogP contribution in [-0.4, -0.2) is 23.8 Å². The second kappa shape index (κ2) is 6.63.